The molecule has 1 atom stereocenters. The Labute approximate surface area is 118 Å². The van der Waals surface area contributed by atoms with Gasteiger partial charge in [0.1, 0.15) is 11.3 Å². The fourth-order valence-electron chi connectivity index (χ4n) is 2.53. The number of rotatable bonds is 1. The molecule has 1 aromatic heterocycles. The highest BCUT2D eigenvalue weighted by Gasteiger charge is 2.52. The number of ketones is 1. The molecule has 3 rings (SSSR count). The van der Waals surface area contributed by atoms with Crippen LogP contribution in [0, 0.1) is 10.1 Å². The molecule has 0 radical (unpaired) electrons. The van der Waals surface area contributed by atoms with Crippen LogP contribution in [0.2, 0.25) is 0 Å². The van der Waals surface area contributed by atoms with Crippen molar-refractivity contribution in [1.29, 1.82) is 0 Å². The molecule has 0 bridgehead atoms. The van der Waals surface area contributed by atoms with Crippen molar-refractivity contribution in [2.24, 2.45) is 0 Å². The maximum Gasteiger partial charge on any atom is 0.336 e. The number of hydrogen-bond donors (Lipinski definition) is 0. The van der Waals surface area contributed by atoms with Gasteiger partial charge in [-0.05, 0) is 26.0 Å². The molecule has 7 nitrogen and oxygen atoms in total. The minimum Gasteiger partial charge on any atom is -0.479 e. The Morgan fingerprint density at radius 3 is 2.62 bits per heavy atom. The number of fused-ring (bicyclic) bond motifs is 2. The van der Waals surface area contributed by atoms with Gasteiger partial charge < -0.3 is 9.15 Å². The molecule has 0 saturated carbocycles. The van der Waals surface area contributed by atoms with Gasteiger partial charge in [-0.25, -0.2) is 4.79 Å². The van der Waals surface area contributed by atoms with Gasteiger partial charge in [-0.1, -0.05) is 0 Å². The summed E-state index contributed by atoms with van der Waals surface area (Å²) in [6.45, 7) is 2.96. The molecule has 21 heavy (non-hydrogen) atoms. The summed E-state index contributed by atoms with van der Waals surface area (Å²) in [7, 11) is 0. The average Bonchev–Trinajstić information content (AvgIpc) is 2.35. The van der Waals surface area contributed by atoms with Gasteiger partial charge in [0.25, 0.3) is 0 Å². The summed E-state index contributed by atoms with van der Waals surface area (Å²) in [5, 5.41) is 11.6. The Hall–Kier alpha value is -2.70. The highest BCUT2D eigenvalue weighted by atomic mass is 16.6. The second-order valence-corrected chi connectivity index (χ2v) is 5.40. The van der Waals surface area contributed by atoms with Crippen molar-refractivity contribution in [2.45, 2.75) is 25.5 Å². The molecule has 1 aliphatic rings. The van der Waals surface area contributed by atoms with Gasteiger partial charge in [0, 0.05) is 22.4 Å². The summed E-state index contributed by atoms with van der Waals surface area (Å²) in [5.41, 5.74) is -1.41. The van der Waals surface area contributed by atoms with Crippen LogP contribution in [0.1, 0.15) is 24.2 Å². The molecule has 1 aromatic carbocycles. The Bertz CT molecular complexity index is 835. The van der Waals surface area contributed by atoms with Crippen molar-refractivity contribution in [3.63, 3.8) is 0 Å². The van der Waals surface area contributed by atoms with Crippen LogP contribution < -0.4 is 10.4 Å². The van der Waals surface area contributed by atoms with E-state index in [2.05, 4.69) is 0 Å². The zero-order valence-electron chi connectivity index (χ0n) is 11.3. The van der Waals surface area contributed by atoms with Gasteiger partial charge in [0.2, 0.25) is 5.78 Å². The van der Waals surface area contributed by atoms with Crippen molar-refractivity contribution in [3.8, 4) is 5.75 Å². The number of Topliss-reactive ketones (excluding diaryl/α,β-unsaturated/α-hetero) is 1. The molecule has 0 amide bonds. The number of ether oxygens (including phenoxy) is 1. The number of carbonyl (C=O) groups is 1. The SMILES string of the molecule is CC1(C)Oc2cc3oc(=O)ccc3cc2C(=O)C1[N+](=O)[O-]. The van der Waals surface area contributed by atoms with Crippen molar-refractivity contribution >= 4 is 16.8 Å². The normalized spacial score (nSPS) is 19.9. The van der Waals surface area contributed by atoms with Crippen LogP contribution >= 0.6 is 0 Å². The highest BCUT2D eigenvalue weighted by Crippen LogP contribution is 2.36. The van der Waals surface area contributed by atoms with Crippen molar-refractivity contribution in [1.82, 2.24) is 0 Å². The van der Waals surface area contributed by atoms with E-state index in [0.717, 1.165) is 0 Å². The molecule has 2 heterocycles. The number of carbonyl (C=O) groups excluding carboxylic acids is 1. The summed E-state index contributed by atoms with van der Waals surface area (Å²) in [6.07, 6.45) is 0. The lowest BCUT2D eigenvalue weighted by molar-refractivity contribution is -0.524. The first-order valence-electron chi connectivity index (χ1n) is 6.24. The van der Waals surface area contributed by atoms with E-state index in [9.17, 15) is 19.7 Å². The monoisotopic (exact) mass is 289 g/mol. The van der Waals surface area contributed by atoms with E-state index < -0.39 is 28.0 Å². The van der Waals surface area contributed by atoms with E-state index >= 15 is 0 Å². The summed E-state index contributed by atoms with van der Waals surface area (Å²) in [5.74, 6) is -0.427. The Morgan fingerprint density at radius 1 is 1.24 bits per heavy atom. The van der Waals surface area contributed by atoms with Crippen molar-refractivity contribution in [3.05, 3.63) is 50.4 Å². The van der Waals surface area contributed by atoms with Crippen molar-refractivity contribution < 1.29 is 18.9 Å². The van der Waals surface area contributed by atoms with Crippen LogP contribution in [0.3, 0.4) is 0 Å². The summed E-state index contributed by atoms with van der Waals surface area (Å²) < 4.78 is 10.6. The van der Waals surface area contributed by atoms with Gasteiger partial charge in [0.15, 0.2) is 5.60 Å². The second kappa shape index (κ2) is 4.15. The molecule has 0 spiro atoms. The quantitative estimate of drug-likeness (QED) is 0.451. The Balaban J connectivity index is 2.26. The fraction of sp³-hybridized carbons (Fsp3) is 0.286. The summed E-state index contributed by atoms with van der Waals surface area (Å²) >= 11 is 0. The molecule has 2 aromatic rings. The topological polar surface area (TPSA) is 99.7 Å². The summed E-state index contributed by atoms with van der Waals surface area (Å²) in [4.78, 5) is 34.1. The summed E-state index contributed by atoms with van der Waals surface area (Å²) in [6, 6.07) is 4.11. The van der Waals surface area contributed by atoms with E-state index in [1.54, 1.807) is 0 Å². The molecule has 0 fully saturated rings. The van der Waals surface area contributed by atoms with Crippen LogP contribution in [0.4, 0.5) is 0 Å². The molecule has 0 saturated heterocycles. The van der Waals surface area contributed by atoms with Gasteiger partial charge >= 0.3 is 11.7 Å². The first kappa shape index (κ1) is 13.3. The average molecular weight is 289 g/mol. The Morgan fingerprint density at radius 2 is 1.95 bits per heavy atom. The van der Waals surface area contributed by atoms with Crippen LogP contribution in [0.15, 0.2) is 33.5 Å². The van der Waals surface area contributed by atoms with Crippen LogP contribution in [-0.4, -0.2) is 22.3 Å². The lowest BCUT2D eigenvalue weighted by Crippen LogP contribution is -2.54. The van der Waals surface area contributed by atoms with Crippen LogP contribution in [0.5, 0.6) is 5.75 Å². The Kier molecular flexibility index (Phi) is 2.62. The zero-order chi connectivity index (χ0) is 15.4. The molecule has 7 heteroatoms. The first-order valence-corrected chi connectivity index (χ1v) is 6.24. The lowest BCUT2D eigenvalue weighted by Gasteiger charge is -2.33. The molecular formula is C14H11NO6. The fourth-order valence-corrected chi connectivity index (χ4v) is 2.53. The predicted octanol–water partition coefficient (Wildman–Crippen LogP) is 1.79. The largest absolute Gasteiger partial charge is 0.479 e. The molecular weight excluding hydrogens is 278 g/mol. The van der Waals surface area contributed by atoms with Gasteiger partial charge in [-0.15, -0.1) is 0 Å². The van der Waals surface area contributed by atoms with Crippen LogP contribution in [-0.2, 0) is 0 Å². The predicted molar refractivity (Wildman–Crippen MR) is 72.3 cm³/mol. The number of benzene rings is 1. The lowest BCUT2D eigenvalue weighted by atomic mass is 9.87. The maximum atomic E-state index is 12.4. The van der Waals surface area contributed by atoms with E-state index in [1.165, 1.54) is 38.1 Å². The highest BCUT2D eigenvalue weighted by molar-refractivity contribution is 6.06. The third-order valence-electron chi connectivity index (χ3n) is 3.48. The molecule has 0 aliphatic carbocycles. The number of hydrogen-bond acceptors (Lipinski definition) is 6. The van der Waals surface area contributed by atoms with E-state index in [-0.39, 0.29) is 16.9 Å². The third-order valence-corrected chi connectivity index (χ3v) is 3.48. The molecule has 1 aliphatic heterocycles. The van der Waals surface area contributed by atoms with Gasteiger partial charge in [-0.2, -0.15) is 0 Å². The number of nitro groups is 1. The smallest absolute Gasteiger partial charge is 0.336 e. The standard InChI is InChI=1S/C14H11NO6/c1-14(2)13(15(18)19)12(17)8-5-7-3-4-11(16)20-9(7)6-10(8)21-14/h3-6,13H,1-2H3. The molecule has 0 N–H and O–H groups in total. The maximum absolute atomic E-state index is 12.4. The zero-order valence-corrected chi connectivity index (χ0v) is 11.3. The van der Waals surface area contributed by atoms with E-state index in [0.29, 0.717) is 5.39 Å². The van der Waals surface area contributed by atoms with E-state index in [1.807, 2.05) is 0 Å². The van der Waals surface area contributed by atoms with Gasteiger partial charge in [0.05, 0.1) is 5.56 Å². The van der Waals surface area contributed by atoms with Gasteiger partial charge in [-0.3, -0.25) is 14.9 Å². The third kappa shape index (κ3) is 1.97. The second-order valence-electron chi connectivity index (χ2n) is 5.40. The number of nitrogens with zero attached hydrogens (tertiary/aromatic N) is 1. The molecule has 108 valence electrons. The van der Waals surface area contributed by atoms with Crippen molar-refractivity contribution in [2.75, 3.05) is 0 Å². The molecule has 1 unspecified atom stereocenters. The minimum absolute atomic E-state index is 0.123. The van der Waals surface area contributed by atoms with E-state index in [4.69, 9.17) is 9.15 Å². The minimum atomic E-state index is -1.47. The van der Waals surface area contributed by atoms with Crippen LogP contribution in [0.25, 0.3) is 11.0 Å². The first-order chi connectivity index (χ1) is 9.79.